The number of aryl methyl sites for hydroxylation is 2. The summed E-state index contributed by atoms with van der Waals surface area (Å²) >= 11 is 6.34. The molecule has 7 heteroatoms. The first-order chi connectivity index (χ1) is 14.5. The van der Waals surface area contributed by atoms with Crippen molar-refractivity contribution >= 4 is 17.6 Å². The standard InChI is InChI=1S/C23H34ClN5O/c1-5-25-23(28-17(3)20-8-6-7-9-21(20)24)26-14-19-10-12-29(13-11-19)15-22-27-16(2)18(4)30-22/h6-9,17,19H,5,10-15H2,1-4H3,(H2,25,26,28). The highest BCUT2D eigenvalue weighted by Crippen LogP contribution is 2.23. The van der Waals surface area contributed by atoms with Crippen molar-refractivity contribution in [1.82, 2.24) is 20.5 Å². The summed E-state index contributed by atoms with van der Waals surface area (Å²) in [5.74, 6) is 3.19. The summed E-state index contributed by atoms with van der Waals surface area (Å²) in [6, 6.07) is 8.03. The minimum absolute atomic E-state index is 0.0889. The van der Waals surface area contributed by atoms with Crippen molar-refractivity contribution in [3.05, 3.63) is 52.2 Å². The molecule has 1 aromatic carbocycles. The number of hydrogen-bond donors (Lipinski definition) is 2. The largest absolute Gasteiger partial charge is 0.444 e. The molecular formula is C23H34ClN5O. The Labute approximate surface area is 185 Å². The molecule has 2 heterocycles. The molecule has 1 fully saturated rings. The van der Waals surface area contributed by atoms with Crippen LogP contribution in [0.3, 0.4) is 0 Å². The van der Waals surface area contributed by atoms with E-state index in [1.54, 1.807) is 0 Å². The van der Waals surface area contributed by atoms with Crippen LogP contribution in [-0.4, -0.2) is 42.0 Å². The van der Waals surface area contributed by atoms with Gasteiger partial charge >= 0.3 is 0 Å². The van der Waals surface area contributed by atoms with E-state index >= 15 is 0 Å². The Bertz CT molecular complexity index is 822. The lowest BCUT2D eigenvalue weighted by Gasteiger charge is -2.30. The zero-order valence-electron chi connectivity index (χ0n) is 18.5. The molecule has 1 unspecified atom stereocenters. The van der Waals surface area contributed by atoms with Gasteiger partial charge in [0.1, 0.15) is 5.76 Å². The molecule has 0 radical (unpaired) electrons. The molecule has 1 atom stereocenters. The van der Waals surface area contributed by atoms with Gasteiger partial charge in [0, 0.05) is 18.1 Å². The molecule has 30 heavy (non-hydrogen) atoms. The van der Waals surface area contributed by atoms with E-state index in [2.05, 4.69) is 40.4 Å². The van der Waals surface area contributed by atoms with E-state index in [1.165, 1.54) is 0 Å². The van der Waals surface area contributed by atoms with Crippen LogP contribution in [0, 0.1) is 19.8 Å². The average Bonchev–Trinajstić information content (AvgIpc) is 3.04. The molecule has 1 aromatic heterocycles. The van der Waals surface area contributed by atoms with Crippen LogP contribution in [0.4, 0.5) is 0 Å². The summed E-state index contributed by atoms with van der Waals surface area (Å²) in [4.78, 5) is 11.8. The second-order valence-corrected chi connectivity index (χ2v) is 8.48. The number of hydrogen-bond acceptors (Lipinski definition) is 4. The van der Waals surface area contributed by atoms with Crippen molar-refractivity contribution in [2.75, 3.05) is 26.2 Å². The summed E-state index contributed by atoms with van der Waals surface area (Å²) in [5, 5.41) is 7.62. The molecule has 0 amide bonds. The minimum atomic E-state index is 0.0889. The zero-order valence-corrected chi connectivity index (χ0v) is 19.3. The third-order valence-electron chi connectivity index (χ3n) is 5.72. The number of guanidine groups is 1. The van der Waals surface area contributed by atoms with Crippen LogP contribution in [0.5, 0.6) is 0 Å². The minimum Gasteiger partial charge on any atom is -0.444 e. The first-order valence-corrected chi connectivity index (χ1v) is 11.3. The van der Waals surface area contributed by atoms with E-state index in [0.29, 0.717) is 5.92 Å². The molecular weight excluding hydrogens is 398 g/mol. The summed E-state index contributed by atoms with van der Waals surface area (Å²) in [6.07, 6.45) is 2.28. The van der Waals surface area contributed by atoms with Crippen molar-refractivity contribution in [3.8, 4) is 0 Å². The van der Waals surface area contributed by atoms with E-state index in [1.807, 2.05) is 32.0 Å². The fourth-order valence-electron chi connectivity index (χ4n) is 3.77. The van der Waals surface area contributed by atoms with Crippen LogP contribution < -0.4 is 10.6 Å². The van der Waals surface area contributed by atoms with Crippen molar-refractivity contribution < 1.29 is 4.42 Å². The van der Waals surface area contributed by atoms with E-state index in [4.69, 9.17) is 21.0 Å². The fraction of sp³-hybridized carbons (Fsp3) is 0.565. The molecule has 6 nitrogen and oxygen atoms in total. The van der Waals surface area contributed by atoms with Crippen molar-refractivity contribution in [1.29, 1.82) is 0 Å². The summed E-state index contributed by atoms with van der Waals surface area (Å²) in [6.45, 7) is 12.7. The van der Waals surface area contributed by atoms with Gasteiger partial charge in [-0.25, -0.2) is 4.98 Å². The molecule has 0 aliphatic carbocycles. The quantitative estimate of drug-likeness (QED) is 0.500. The smallest absolute Gasteiger partial charge is 0.208 e. The first-order valence-electron chi connectivity index (χ1n) is 10.9. The lowest BCUT2D eigenvalue weighted by atomic mass is 9.97. The number of oxazole rings is 1. The van der Waals surface area contributed by atoms with Crippen molar-refractivity contribution in [3.63, 3.8) is 0 Å². The second kappa shape index (κ2) is 10.8. The topological polar surface area (TPSA) is 65.7 Å². The van der Waals surface area contributed by atoms with Gasteiger partial charge in [0.2, 0.25) is 5.89 Å². The van der Waals surface area contributed by atoms with Crippen LogP contribution in [0.25, 0.3) is 0 Å². The van der Waals surface area contributed by atoms with Crippen LogP contribution in [0.15, 0.2) is 33.7 Å². The SMILES string of the molecule is CCNC(=NCC1CCN(Cc2nc(C)c(C)o2)CC1)NC(C)c1ccccc1Cl. The van der Waals surface area contributed by atoms with Crippen LogP contribution >= 0.6 is 11.6 Å². The first kappa shape index (κ1) is 22.6. The highest BCUT2D eigenvalue weighted by Gasteiger charge is 2.21. The molecule has 2 aromatic rings. The normalized spacial score (nSPS) is 17.2. The number of rotatable bonds is 7. The van der Waals surface area contributed by atoms with E-state index in [-0.39, 0.29) is 6.04 Å². The Balaban J connectivity index is 1.50. The van der Waals surface area contributed by atoms with Gasteiger partial charge in [-0.1, -0.05) is 29.8 Å². The summed E-state index contributed by atoms with van der Waals surface area (Å²) in [7, 11) is 0. The van der Waals surface area contributed by atoms with Gasteiger partial charge in [-0.3, -0.25) is 9.89 Å². The maximum atomic E-state index is 6.34. The van der Waals surface area contributed by atoms with Gasteiger partial charge in [0.05, 0.1) is 18.3 Å². The molecule has 0 spiro atoms. The number of nitrogens with one attached hydrogen (secondary N) is 2. The predicted octanol–water partition coefficient (Wildman–Crippen LogP) is 4.47. The maximum absolute atomic E-state index is 6.34. The molecule has 1 aliphatic rings. The molecule has 3 rings (SSSR count). The number of halogens is 1. The van der Waals surface area contributed by atoms with E-state index in [0.717, 1.165) is 79.5 Å². The van der Waals surface area contributed by atoms with E-state index < -0.39 is 0 Å². The Morgan fingerprint density at radius 1 is 1.30 bits per heavy atom. The Morgan fingerprint density at radius 2 is 2.03 bits per heavy atom. The Kier molecular flexibility index (Phi) is 8.16. The number of nitrogens with zero attached hydrogens (tertiary/aromatic N) is 3. The van der Waals surface area contributed by atoms with Gasteiger partial charge in [-0.2, -0.15) is 0 Å². The third-order valence-corrected chi connectivity index (χ3v) is 6.06. The van der Waals surface area contributed by atoms with Gasteiger partial charge in [0.25, 0.3) is 0 Å². The lowest BCUT2D eigenvalue weighted by Crippen LogP contribution is -2.40. The summed E-state index contributed by atoms with van der Waals surface area (Å²) < 4.78 is 5.73. The number of aliphatic imine (C=N–C) groups is 1. The van der Waals surface area contributed by atoms with Crippen LogP contribution in [-0.2, 0) is 6.54 Å². The molecule has 164 valence electrons. The maximum Gasteiger partial charge on any atom is 0.208 e. The number of aromatic nitrogens is 1. The molecule has 2 N–H and O–H groups in total. The zero-order chi connectivity index (χ0) is 21.5. The van der Waals surface area contributed by atoms with Gasteiger partial charge in [0.15, 0.2) is 5.96 Å². The molecule has 1 aliphatic heterocycles. The number of likely N-dealkylation sites (tertiary alicyclic amines) is 1. The summed E-state index contributed by atoms with van der Waals surface area (Å²) in [5.41, 5.74) is 2.07. The van der Waals surface area contributed by atoms with Crippen LogP contribution in [0.1, 0.15) is 55.6 Å². The molecule has 1 saturated heterocycles. The highest BCUT2D eigenvalue weighted by atomic mass is 35.5. The lowest BCUT2D eigenvalue weighted by molar-refractivity contribution is 0.166. The van der Waals surface area contributed by atoms with Crippen LogP contribution in [0.2, 0.25) is 5.02 Å². The molecule has 0 saturated carbocycles. The molecule has 0 bridgehead atoms. The van der Waals surface area contributed by atoms with E-state index in [9.17, 15) is 0 Å². The number of piperidine rings is 1. The average molecular weight is 432 g/mol. The Morgan fingerprint density at radius 3 is 2.67 bits per heavy atom. The predicted molar refractivity (Wildman–Crippen MR) is 123 cm³/mol. The Hall–Kier alpha value is -2.05. The third kappa shape index (κ3) is 6.22. The van der Waals surface area contributed by atoms with Gasteiger partial charge < -0.3 is 15.1 Å². The van der Waals surface area contributed by atoms with Crippen molar-refractivity contribution in [2.24, 2.45) is 10.9 Å². The number of benzene rings is 1. The fourth-order valence-corrected chi connectivity index (χ4v) is 4.07. The van der Waals surface area contributed by atoms with Gasteiger partial charge in [-0.15, -0.1) is 0 Å². The van der Waals surface area contributed by atoms with Crippen molar-refractivity contribution in [2.45, 2.75) is 53.1 Å². The highest BCUT2D eigenvalue weighted by molar-refractivity contribution is 6.31. The monoisotopic (exact) mass is 431 g/mol. The van der Waals surface area contributed by atoms with Gasteiger partial charge in [-0.05, 0) is 71.2 Å². The second-order valence-electron chi connectivity index (χ2n) is 8.08.